The van der Waals surface area contributed by atoms with Crippen LogP contribution >= 0.6 is 0 Å². The number of fused-ring (bicyclic) bond motifs is 1. The van der Waals surface area contributed by atoms with E-state index in [4.69, 9.17) is 0 Å². The Morgan fingerprint density at radius 2 is 1.80 bits per heavy atom. The molecule has 0 aliphatic carbocycles. The van der Waals surface area contributed by atoms with Gasteiger partial charge in [0.2, 0.25) is 0 Å². The molecule has 0 aliphatic rings. The Morgan fingerprint density at radius 1 is 1.10 bits per heavy atom. The summed E-state index contributed by atoms with van der Waals surface area (Å²) in [5.74, 6) is -0.310. The SMILES string of the molecule is CC(=O)[C@@H](NC(=O)c1ccc2ccccc2n1)C(C)C. The van der Waals surface area contributed by atoms with Crippen LogP contribution in [0.3, 0.4) is 0 Å². The Hall–Kier alpha value is -2.23. The van der Waals surface area contributed by atoms with E-state index in [9.17, 15) is 9.59 Å². The number of pyridine rings is 1. The predicted molar refractivity (Wildman–Crippen MR) is 78.5 cm³/mol. The van der Waals surface area contributed by atoms with Crippen molar-refractivity contribution in [2.24, 2.45) is 5.92 Å². The van der Waals surface area contributed by atoms with Crippen molar-refractivity contribution in [3.63, 3.8) is 0 Å². The number of ketones is 1. The highest BCUT2D eigenvalue weighted by molar-refractivity contribution is 5.97. The molecule has 1 atom stereocenters. The van der Waals surface area contributed by atoms with E-state index in [1.807, 2.05) is 44.2 Å². The number of carbonyl (C=O) groups is 2. The normalized spacial score (nSPS) is 12.4. The lowest BCUT2D eigenvalue weighted by Crippen LogP contribution is -2.43. The molecule has 0 radical (unpaired) electrons. The van der Waals surface area contributed by atoms with Crippen molar-refractivity contribution in [1.82, 2.24) is 10.3 Å². The maximum Gasteiger partial charge on any atom is 0.270 e. The first kappa shape index (κ1) is 14.2. The molecule has 1 heterocycles. The van der Waals surface area contributed by atoms with Gasteiger partial charge < -0.3 is 5.32 Å². The maximum atomic E-state index is 12.2. The van der Waals surface area contributed by atoms with Crippen LogP contribution in [0, 0.1) is 5.92 Å². The van der Waals surface area contributed by atoms with Crippen molar-refractivity contribution in [2.75, 3.05) is 0 Å². The Labute approximate surface area is 118 Å². The summed E-state index contributed by atoms with van der Waals surface area (Å²) in [5, 5.41) is 3.73. The van der Waals surface area contributed by atoms with E-state index in [-0.39, 0.29) is 17.6 Å². The number of rotatable bonds is 4. The summed E-state index contributed by atoms with van der Waals surface area (Å²) in [7, 11) is 0. The Kier molecular flexibility index (Phi) is 4.13. The average molecular weight is 270 g/mol. The largest absolute Gasteiger partial charge is 0.341 e. The van der Waals surface area contributed by atoms with E-state index in [0.717, 1.165) is 10.9 Å². The van der Waals surface area contributed by atoms with E-state index in [0.29, 0.717) is 5.69 Å². The number of amides is 1. The highest BCUT2D eigenvalue weighted by atomic mass is 16.2. The first-order valence-corrected chi connectivity index (χ1v) is 6.66. The van der Waals surface area contributed by atoms with Gasteiger partial charge in [-0.25, -0.2) is 4.98 Å². The first-order valence-electron chi connectivity index (χ1n) is 6.66. The van der Waals surface area contributed by atoms with Crippen LogP contribution in [0.15, 0.2) is 36.4 Å². The van der Waals surface area contributed by atoms with Crippen LogP contribution in [0.5, 0.6) is 0 Å². The molecule has 104 valence electrons. The molecule has 1 aromatic heterocycles. The van der Waals surface area contributed by atoms with Crippen molar-refractivity contribution in [2.45, 2.75) is 26.8 Å². The van der Waals surface area contributed by atoms with Crippen molar-refractivity contribution in [3.05, 3.63) is 42.1 Å². The lowest BCUT2D eigenvalue weighted by Gasteiger charge is -2.19. The zero-order valence-electron chi connectivity index (χ0n) is 11.9. The van der Waals surface area contributed by atoms with Crippen LogP contribution in [0.25, 0.3) is 10.9 Å². The lowest BCUT2D eigenvalue weighted by molar-refractivity contribution is -0.119. The zero-order valence-corrected chi connectivity index (χ0v) is 11.9. The van der Waals surface area contributed by atoms with Gasteiger partial charge in [-0.05, 0) is 25.0 Å². The summed E-state index contributed by atoms with van der Waals surface area (Å²) in [6, 6.07) is 10.7. The third-order valence-electron chi connectivity index (χ3n) is 3.22. The summed E-state index contributed by atoms with van der Waals surface area (Å²) < 4.78 is 0. The fourth-order valence-corrected chi connectivity index (χ4v) is 2.15. The van der Waals surface area contributed by atoms with Crippen LogP contribution in [0.2, 0.25) is 0 Å². The molecule has 1 amide bonds. The van der Waals surface area contributed by atoms with Gasteiger partial charge in [-0.1, -0.05) is 38.1 Å². The second-order valence-corrected chi connectivity index (χ2v) is 5.19. The van der Waals surface area contributed by atoms with Crippen LogP contribution in [0.4, 0.5) is 0 Å². The topological polar surface area (TPSA) is 59.1 Å². The smallest absolute Gasteiger partial charge is 0.270 e. The molecule has 1 aromatic carbocycles. The highest BCUT2D eigenvalue weighted by Gasteiger charge is 2.21. The van der Waals surface area contributed by atoms with Gasteiger partial charge in [0, 0.05) is 5.39 Å². The number of Topliss-reactive ketones (excluding diaryl/α,β-unsaturated/α-hetero) is 1. The summed E-state index contributed by atoms with van der Waals surface area (Å²) >= 11 is 0. The maximum absolute atomic E-state index is 12.2. The summed E-state index contributed by atoms with van der Waals surface area (Å²) in [6.45, 7) is 5.29. The van der Waals surface area contributed by atoms with E-state index >= 15 is 0 Å². The minimum atomic E-state index is -0.476. The number of benzene rings is 1. The van der Waals surface area contributed by atoms with Crippen LogP contribution in [0.1, 0.15) is 31.3 Å². The van der Waals surface area contributed by atoms with Gasteiger partial charge in [0.15, 0.2) is 5.78 Å². The van der Waals surface area contributed by atoms with Gasteiger partial charge in [-0.15, -0.1) is 0 Å². The number of nitrogens with zero attached hydrogens (tertiary/aromatic N) is 1. The minimum absolute atomic E-state index is 0.0471. The average Bonchev–Trinajstić information content (AvgIpc) is 2.43. The molecule has 0 bridgehead atoms. The first-order chi connectivity index (χ1) is 9.49. The molecule has 0 aliphatic heterocycles. The molecule has 4 heteroatoms. The zero-order chi connectivity index (χ0) is 14.7. The van der Waals surface area contributed by atoms with Gasteiger partial charge in [0.25, 0.3) is 5.91 Å². The summed E-state index contributed by atoms with van der Waals surface area (Å²) in [4.78, 5) is 28.0. The van der Waals surface area contributed by atoms with Gasteiger partial charge in [-0.3, -0.25) is 9.59 Å². The molecule has 0 spiro atoms. The summed E-state index contributed by atoms with van der Waals surface area (Å²) in [5.41, 5.74) is 1.10. The number of nitrogens with one attached hydrogen (secondary N) is 1. The molecule has 0 saturated heterocycles. The van der Waals surface area contributed by atoms with Crippen molar-refractivity contribution >= 4 is 22.6 Å². The molecule has 0 saturated carbocycles. The molecule has 0 unspecified atom stereocenters. The van der Waals surface area contributed by atoms with E-state index in [2.05, 4.69) is 10.3 Å². The highest BCUT2D eigenvalue weighted by Crippen LogP contribution is 2.12. The summed E-state index contributed by atoms with van der Waals surface area (Å²) in [6.07, 6.45) is 0. The van der Waals surface area contributed by atoms with Gasteiger partial charge in [0.1, 0.15) is 5.69 Å². The quantitative estimate of drug-likeness (QED) is 0.929. The van der Waals surface area contributed by atoms with Crippen molar-refractivity contribution in [1.29, 1.82) is 0 Å². The second kappa shape index (κ2) is 5.82. The molecule has 20 heavy (non-hydrogen) atoms. The van der Waals surface area contributed by atoms with Crippen LogP contribution in [-0.2, 0) is 4.79 Å². The molecule has 0 fully saturated rings. The monoisotopic (exact) mass is 270 g/mol. The lowest BCUT2D eigenvalue weighted by atomic mass is 10.0. The molecule has 2 rings (SSSR count). The Balaban J connectivity index is 2.24. The number of aromatic nitrogens is 1. The number of carbonyl (C=O) groups excluding carboxylic acids is 2. The minimum Gasteiger partial charge on any atom is -0.341 e. The fourth-order valence-electron chi connectivity index (χ4n) is 2.15. The molecular formula is C16H18N2O2. The standard InChI is InChI=1S/C16H18N2O2/c1-10(2)15(11(3)19)18-16(20)14-9-8-12-6-4-5-7-13(12)17-14/h4-10,15H,1-3H3,(H,18,20)/t15-/m0/s1. The second-order valence-electron chi connectivity index (χ2n) is 5.19. The molecule has 4 nitrogen and oxygen atoms in total. The third kappa shape index (κ3) is 3.02. The number of hydrogen-bond acceptors (Lipinski definition) is 3. The van der Waals surface area contributed by atoms with Gasteiger partial charge >= 0.3 is 0 Å². The number of para-hydroxylation sites is 1. The van der Waals surface area contributed by atoms with Crippen LogP contribution < -0.4 is 5.32 Å². The number of hydrogen-bond donors (Lipinski definition) is 1. The molecule has 1 N–H and O–H groups in total. The van der Waals surface area contributed by atoms with Crippen molar-refractivity contribution < 1.29 is 9.59 Å². The third-order valence-corrected chi connectivity index (χ3v) is 3.22. The Morgan fingerprint density at radius 3 is 2.45 bits per heavy atom. The van der Waals surface area contributed by atoms with Gasteiger partial charge in [-0.2, -0.15) is 0 Å². The van der Waals surface area contributed by atoms with Crippen molar-refractivity contribution in [3.8, 4) is 0 Å². The molecular weight excluding hydrogens is 252 g/mol. The van der Waals surface area contributed by atoms with Gasteiger partial charge in [0.05, 0.1) is 11.6 Å². The van der Waals surface area contributed by atoms with E-state index in [1.165, 1.54) is 6.92 Å². The van der Waals surface area contributed by atoms with Crippen LogP contribution in [-0.4, -0.2) is 22.7 Å². The fraction of sp³-hybridized carbons (Fsp3) is 0.312. The van der Waals surface area contributed by atoms with E-state index < -0.39 is 6.04 Å². The predicted octanol–water partition coefficient (Wildman–Crippen LogP) is 2.58. The van der Waals surface area contributed by atoms with E-state index in [1.54, 1.807) is 6.07 Å². The molecule has 2 aromatic rings. The Bertz CT molecular complexity index is 650.